The Labute approximate surface area is 484 Å². The van der Waals surface area contributed by atoms with Crippen LogP contribution < -0.4 is 16.7 Å². The number of terminal acetylenes is 1. The lowest BCUT2D eigenvalue weighted by Crippen LogP contribution is -2.52. The van der Waals surface area contributed by atoms with Crippen molar-refractivity contribution in [3.63, 3.8) is 0 Å². The summed E-state index contributed by atoms with van der Waals surface area (Å²) >= 11 is 8.25. The lowest BCUT2D eigenvalue weighted by Gasteiger charge is -2.41. The molecule has 1 spiro atoms. The van der Waals surface area contributed by atoms with E-state index in [9.17, 15) is 14.7 Å². The number of rotatable bonds is 13. The Balaban J connectivity index is 0.689. The van der Waals surface area contributed by atoms with Crippen molar-refractivity contribution in [2.45, 2.75) is 151 Å². The number of aliphatic hydroxyl groups is 1. The fourth-order valence-corrected chi connectivity index (χ4v) is 16.2. The monoisotopic (exact) mass is 1130 g/mol. The number of halogens is 1. The molecule has 4 atom stereocenters. The van der Waals surface area contributed by atoms with Crippen molar-refractivity contribution in [2.24, 2.45) is 33.7 Å². The number of aryl methyl sites for hydroxylation is 1. The number of aliphatic hydroxyl groups excluding tert-OH is 1. The van der Waals surface area contributed by atoms with E-state index in [4.69, 9.17) is 38.6 Å². The molecule has 15 nitrogen and oxygen atoms in total. The van der Waals surface area contributed by atoms with Gasteiger partial charge in [-0.1, -0.05) is 79.2 Å². The Morgan fingerprint density at radius 3 is 2.43 bits per heavy atom. The number of piperidine rings is 2. The molecular weight excluding hydrogens is 1060 g/mol. The highest BCUT2D eigenvalue weighted by molar-refractivity contribution is 7.13. The van der Waals surface area contributed by atoms with E-state index in [-0.39, 0.29) is 41.7 Å². The van der Waals surface area contributed by atoms with Crippen LogP contribution in [0.2, 0.25) is 5.02 Å². The number of nitrogens with one attached hydrogen (secondary N) is 1. The zero-order valence-electron chi connectivity index (χ0n) is 46.7. The summed E-state index contributed by atoms with van der Waals surface area (Å²) in [5, 5.41) is 19.4. The predicted molar refractivity (Wildman–Crippen MR) is 320 cm³/mol. The van der Waals surface area contributed by atoms with Crippen molar-refractivity contribution < 1.29 is 19.4 Å². The molecule has 7 heterocycles. The van der Waals surface area contributed by atoms with Gasteiger partial charge in [-0.15, -0.1) is 17.8 Å². The van der Waals surface area contributed by atoms with E-state index in [1.165, 1.54) is 23.2 Å². The van der Waals surface area contributed by atoms with Crippen LogP contribution in [0.15, 0.2) is 81.1 Å². The molecule has 0 unspecified atom stereocenters. The summed E-state index contributed by atoms with van der Waals surface area (Å²) in [5.41, 5.74) is 9.46. The van der Waals surface area contributed by atoms with Crippen LogP contribution in [0.4, 0.5) is 0 Å². The van der Waals surface area contributed by atoms with Crippen molar-refractivity contribution in [1.82, 2.24) is 34.6 Å². The van der Waals surface area contributed by atoms with E-state index in [0.717, 1.165) is 169 Å². The molecule has 4 saturated heterocycles. The zero-order valence-corrected chi connectivity index (χ0v) is 48.3. The molecule has 5 aliphatic heterocycles. The molecule has 6 fully saturated rings. The number of nitrogens with two attached hydrogens (primary N) is 1. The van der Waals surface area contributed by atoms with Crippen LogP contribution in [0.3, 0.4) is 0 Å². The number of aliphatic imine (C=N–C) groups is 1. The number of hydrazone groups is 1. The molecular formula is C64H77ClN10O5S. The summed E-state index contributed by atoms with van der Waals surface area (Å²) < 4.78 is 7.94. The fraction of sp³-hybridized carbons (Fsp3) is 0.547. The summed E-state index contributed by atoms with van der Waals surface area (Å²) in [7, 11) is 0. The summed E-state index contributed by atoms with van der Waals surface area (Å²) in [6.07, 6.45) is 22.2. The molecule has 426 valence electrons. The van der Waals surface area contributed by atoms with Gasteiger partial charge in [-0.25, -0.2) is 4.98 Å². The van der Waals surface area contributed by atoms with Crippen LogP contribution in [0, 0.1) is 37.0 Å². The molecule has 0 bridgehead atoms. The zero-order chi connectivity index (χ0) is 55.8. The average molecular weight is 1130 g/mol. The Morgan fingerprint density at radius 2 is 1.73 bits per heavy atom. The Kier molecular flexibility index (Phi) is 16.6. The molecule has 7 aliphatic rings. The van der Waals surface area contributed by atoms with E-state index < -0.39 is 30.1 Å². The van der Waals surface area contributed by atoms with Crippen LogP contribution in [-0.2, 0) is 19.7 Å². The number of carbonyl (C=O) groups is 2. The number of hydrogen-bond donors (Lipinski definition) is 3. The Hall–Kier alpha value is -5.80. The second-order valence-electron chi connectivity index (χ2n) is 24.3. The normalized spacial score (nSPS) is 25.0. The standard InChI is InChI=1S/C64H77ClN10O5S/c1-3-52(43-14-16-46(17-15-43)59-40(2)68-39-81-59)69-60(77)56-35-49(76)38-74(56)62(79)58(45-22-30-73(31-23-45)48-24-32-80-33-25-48)67-36-53(71-66)44-12-10-41(11-13-44)37-72-28-20-42(21-29-72)47-18-19-50-55(34-47)75-54-9-7-8-51(65)57(54)61(78)70-63(75)64(50)26-5-4-6-27-64/h1,7-9,14-19,34,36,39,41-42,44-45,48-49,52,56,58,76H,4-6,10-13,20-33,35,37-38,66H2,2H3,(H,69,77)/b67-36?,71-53+/t41?,44?,49-,52+,56+,58+/m1/s1. The summed E-state index contributed by atoms with van der Waals surface area (Å²) in [6.45, 7) is 8.41. The molecule has 4 N–H and O–H groups in total. The van der Waals surface area contributed by atoms with Crippen LogP contribution in [0.1, 0.15) is 143 Å². The molecule has 2 saturated carbocycles. The quantitative estimate of drug-likeness (QED) is 0.0445. The van der Waals surface area contributed by atoms with E-state index in [1.807, 2.05) is 48.8 Å². The van der Waals surface area contributed by atoms with Gasteiger partial charge in [0.1, 0.15) is 23.9 Å². The van der Waals surface area contributed by atoms with E-state index in [0.29, 0.717) is 34.0 Å². The van der Waals surface area contributed by atoms with E-state index >= 15 is 4.79 Å². The van der Waals surface area contributed by atoms with Crippen LogP contribution in [0.5, 0.6) is 0 Å². The maximum absolute atomic E-state index is 15.1. The largest absolute Gasteiger partial charge is 0.391 e. The molecule has 5 aromatic rings. The second kappa shape index (κ2) is 24.2. The van der Waals surface area contributed by atoms with Gasteiger partial charge in [0, 0.05) is 50.9 Å². The lowest BCUT2D eigenvalue weighted by molar-refractivity contribution is -0.140. The van der Waals surface area contributed by atoms with Gasteiger partial charge in [0.05, 0.1) is 54.9 Å². The number of β-amino-alcohol motifs (C(OH)–C–C–N with tert-alkyl or cyclic N) is 1. The number of amides is 2. The third-order valence-electron chi connectivity index (χ3n) is 19.7. The maximum atomic E-state index is 15.1. The minimum absolute atomic E-state index is 0.0341. The molecule has 2 aromatic heterocycles. The van der Waals surface area contributed by atoms with Gasteiger partial charge in [-0.2, -0.15) is 10.1 Å². The highest BCUT2D eigenvalue weighted by Gasteiger charge is 2.48. The first kappa shape index (κ1) is 55.7. The minimum atomic E-state index is -0.911. The first-order valence-electron chi connectivity index (χ1n) is 30.0. The van der Waals surface area contributed by atoms with Crippen molar-refractivity contribution in [3.05, 3.63) is 110 Å². The second-order valence-corrected chi connectivity index (χ2v) is 25.6. The minimum Gasteiger partial charge on any atom is -0.391 e. The molecule has 12 rings (SSSR count). The van der Waals surface area contributed by atoms with Crippen LogP contribution in [-0.4, -0.2) is 135 Å². The average Bonchev–Trinajstić information content (AvgIpc) is 4.32. The number of likely N-dealkylation sites (tertiary alicyclic amines) is 3. The molecule has 2 amide bonds. The van der Waals surface area contributed by atoms with Gasteiger partial charge >= 0.3 is 0 Å². The van der Waals surface area contributed by atoms with Gasteiger partial charge in [0.25, 0.3) is 5.56 Å². The SMILES string of the molecule is C#C[C@H](NC(=O)[C@@H]1C[C@@H](O)CN1C(=O)[C@@H](N=C/C(=N\N)C1CCC(CN2CCC(c3ccc4c(c3)-n3c(nc(=O)c5c(Cl)cccc53)C43CCCCC3)CC2)CC1)C1CCN(C2CCOCC2)CC1)c1ccc(-c2scnc2C)cc1. The highest BCUT2D eigenvalue weighted by Crippen LogP contribution is 2.52. The van der Waals surface area contributed by atoms with Gasteiger partial charge in [-0.3, -0.25) is 23.9 Å². The first-order valence-corrected chi connectivity index (χ1v) is 31.2. The molecule has 2 aliphatic carbocycles. The van der Waals surface area contributed by atoms with Gasteiger partial charge in [0.2, 0.25) is 11.8 Å². The Morgan fingerprint density at radius 1 is 0.975 bits per heavy atom. The van der Waals surface area contributed by atoms with E-state index in [1.54, 1.807) is 28.5 Å². The summed E-state index contributed by atoms with van der Waals surface area (Å²) in [6, 6.07) is 18.7. The van der Waals surface area contributed by atoms with Gasteiger partial charge in [0.15, 0.2) is 0 Å². The third-order valence-corrected chi connectivity index (χ3v) is 21.0. The topological polar surface area (TPSA) is 184 Å². The van der Waals surface area contributed by atoms with E-state index in [2.05, 4.69) is 53.9 Å². The number of hydrogen-bond acceptors (Lipinski definition) is 13. The maximum Gasteiger partial charge on any atom is 0.282 e. The van der Waals surface area contributed by atoms with Crippen molar-refractivity contribution in [3.8, 4) is 28.5 Å². The number of ether oxygens (including phenoxy) is 1. The van der Waals surface area contributed by atoms with Crippen LogP contribution in [0.25, 0.3) is 27.0 Å². The molecule has 17 heteroatoms. The number of fused-ring (bicyclic) bond motifs is 7. The van der Waals surface area contributed by atoms with Gasteiger partial charge < -0.3 is 35.7 Å². The predicted octanol–water partition coefficient (Wildman–Crippen LogP) is 9.12. The smallest absolute Gasteiger partial charge is 0.282 e. The molecule has 0 radical (unpaired) electrons. The lowest BCUT2D eigenvalue weighted by atomic mass is 9.69. The molecule has 81 heavy (non-hydrogen) atoms. The summed E-state index contributed by atoms with van der Waals surface area (Å²) in [5.74, 6) is 10.2. The van der Waals surface area contributed by atoms with Crippen molar-refractivity contribution in [1.29, 1.82) is 0 Å². The number of carbonyl (C=O) groups excluding carboxylic acids is 2. The van der Waals surface area contributed by atoms with Crippen molar-refractivity contribution in [2.75, 3.05) is 52.5 Å². The first-order chi connectivity index (χ1) is 39.5. The fourth-order valence-electron chi connectivity index (χ4n) is 15.2. The number of benzene rings is 3. The Bertz CT molecular complexity index is 3260. The van der Waals surface area contributed by atoms with Crippen molar-refractivity contribution >= 4 is 57.6 Å². The molecule has 3 aromatic carbocycles. The number of aromatic nitrogens is 3. The third kappa shape index (κ3) is 11.2. The number of nitrogens with zero attached hydrogens (tertiary/aromatic N) is 8. The highest BCUT2D eigenvalue weighted by atomic mass is 35.5. The number of thiazole rings is 1. The van der Waals surface area contributed by atoms with Gasteiger partial charge in [-0.05, 0) is 168 Å². The van der Waals surface area contributed by atoms with Crippen LogP contribution >= 0.6 is 22.9 Å². The summed E-state index contributed by atoms with van der Waals surface area (Å²) in [4.78, 5) is 65.0.